The Balaban J connectivity index is 2.34. The monoisotopic (exact) mass is 250 g/mol. The summed E-state index contributed by atoms with van der Waals surface area (Å²) < 4.78 is 0. The molecule has 1 heteroatoms. The minimum Gasteiger partial charge on any atom is -0.303 e. The van der Waals surface area contributed by atoms with Crippen LogP contribution in [0.15, 0.2) is 60.7 Å². The summed E-state index contributed by atoms with van der Waals surface area (Å²) in [6, 6.07) is 20.5. The number of carbonyl (C=O) groups excluding carboxylic acids is 1. The highest BCUT2D eigenvalue weighted by Gasteiger charge is 2.07. The van der Waals surface area contributed by atoms with Crippen molar-refractivity contribution in [2.75, 3.05) is 0 Å². The van der Waals surface area contributed by atoms with E-state index >= 15 is 0 Å². The van der Waals surface area contributed by atoms with Gasteiger partial charge in [0.1, 0.15) is 6.29 Å². The molecule has 1 nitrogen and oxygen atoms in total. The second-order valence-electron chi connectivity index (χ2n) is 4.76. The zero-order valence-electron chi connectivity index (χ0n) is 11.1. The second-order valence-corrected chi connectivity index (χ2v) is 4.76. The molecule has 2 aromatic carbocycles. The van der Waals surface area contributed by atoms with E-state index in [0.717, 1.165) is 12.7 Å². The molecule has 96 valence electrons. The lowest BCUT2D eigenvalue weighted by molar-refractivity contribution is -0.110. The van der Waals surface area contributed by atoms with Gasteiger partial charge in [-0.05, 0) is 23.1 Å². The van der Waals surface area contributed by atoms with E-state index in [4.69, 9.17) is 0 Å². The van der Waals surface area contributed by atoms with Gasteiger partial charge in [0.2, 0.25) is 0 Å². The summed E-state index contributed by atoms with van der Waals surface area (Å²) in [4.78, 5) is 10.9. The Morgan fingerprint density at radius 2 is 1.58 bits per heavy atom. The van der Waals surface area contributed by atoms with Crippen LogP contribution >= 0.6 is 0 Å². The van der Waals surface area contributed by atoms with Gasteiger partial charge in [0, 0.05) is 5.92 Å². The second kappa shape index (κ2) is 6.69. The number of hydrogen-bond donors (Lipinski definition) is 0. The first kappa shape index (κ1) is 13.3. The van der Waals surface area contributed by atoms with E-state index in [-0.39, 0.29) is 5.92 Å². The van der Waals surface area contributed by atoms with E-state index in [0.29, 0.717) is 0 Å². The van der Waals surface area contributed by atoms with Crippen molar-refractivity contribution in [1.29, 1.82) is 0 Å². The maximum absolute atomic E-state index is 10.9. The topological polar surface area (TPSA) is 17.1 Å². The number of carbonyl (C=O) groups is 1. The van der Waals surface area contributed by atoms with Gasteiger partial charge < -0.3 is 4.79 Å². The van der Waals surface area contributed by atoms with E-state index in [1.54, 1.807) is 0 Å². The highest BCUT2D eigenvalue weighted by Crippen LogP contribution is 2.24. The molecule has 1 unspecified atom stereocenters. The van der Waals surface area contributed by atoms with Crippen molar-refractivity contribution in [1.82, 2.24) is 0 Å². The van der Waals surface area contributed by atoms with Gasteiger partial charge >= 0.3 is 0 Å². The third-order valence-corrected chi connectivity index (χ3v) is 3.06. The van der Waals surface area contributed by atoms with E-state index in [9.17, 15) is 4.79 Å². The van der Waals surface area contributed by atoms with Gasteiger partial charge in [-0.1, -0.05) is 73.7 Å². The van der Waals surface area contributed by atoms with Gasteiger partial charge in [-0.3, -0.25) is 0 Å². The molecule has 0 aliphatic heterocycles. The number of aldehydes is 1. The van der Waals surface area contributed by atoms with Crippen LogP contribution in [0, 0.1) is 5.92 Å². The molecule has 0 spiro atoms. The average Bonchev–Trinajstić information content (AvgIpc) is 2.48. The van der Waals surface area contributed by atoms with Crippen molar-refractivity contribution >= 4 is 17.9 Å². The smallest absolute Gasteiger partial charge is 0.123 e. The number of rotatable bonds is 5. The molecule has 0 bridgehead atoms. The molecule has 0 amide bonds. The van der Waals surface area contributed by atoms with E-state index in [2.05, 4.69) is 30.3 Å². The fourth-order valence-corrected chi connectivity index (χ4v) is 2.06. The van der Waals surface area contributed by atoms with Crippen LogP contribution in [0.5, 0.6) is 0 Å². The van der Waals surface area contributed by atoms with Crippen molar-refractivity contribution in [2.24, 2.45) is 5.92 Å². The van der Waals surface area contributed by atoms with Crippen molar-refractivity contribution in [3.8, 4) is 0 Å². The SMILES string of the molecule is CC(C=O)C/C(=C/c1ccccc1)c1ccccc1. The van der Waals surface area contributed by atoms with Crippen molar-refractivity contribution in [2.45, 2.75) is 13.3 Å². The van der Waals surface area contributed by atoms with Crippen LogP contribution in [0.4, 0.5) is 0 Å². The molecule has 0 radical (unpaired) electrons. The molecular formula is C18H18O. The van der Waals surface area contributed by atoms with Crippen LogP contribution in [-0.4, -0.2) is 6.29 Å². The quantitative estimate of drug-likeness (QED) is 0.566. The minimum atomic E-state index is 0.0372. The zero-order valence-corrected chi connectivity index (χ0v) is 11.1. The molecule has 0 saturated carbocycles. The van der Waals surface area contributed by atoms with Crippen molar-refractivity contribution in [3.05, 3.63) is 71.8 Å². The predicted molar refractivity (Wildman–Crippen MR) is 80.6 cm³/mol. The average molecular weight is 250 g/mol. The molecule has 0 aliphatic rings. The first-order valence-corrected chi connectivity index (χ1v) is 6.56. The Hall–Kier alpha value is -2.15. The third kappa shape index (κ3) is 3.92. The summed E-state index contributed by atoms with van der Waals surface area (Å²) >= 11 is 0. The zero-order chi connectivity index (χ0) is 13.5. The van der Waals surface area contributed by atoms with E-state index in [1.807, 2.05) is 43.3 Å². The van der Waals surface area contributed by atoms with Gasteiger partial charge in [0.15, 0.2) is 0 Å². The van der Waals surface area contributed by atoms with Crippen LogP contribution < -0.4 is 0 Å². The maximum atomic E-state index is 10.9. The van der Waals surface area contributed by atoms with Crippen LogP contribution in [0.1, 0.15) is 24.5 Å². The molecule has 0 fully saturated rings. The lowest BCUT2D eigenvalue weighted by Gasteiger charge is -2.10. The Morgan fingerprint density at radius 1 is 1.00 bits per heavy atom. The largest absolute Gasteiger partial charge is 0.303 e. The van der Waals surface area contributed by atoms with Crippen LogP contribution in [0.25, 0.3) is 11.6 Å². The summed E-state index contributed by atoms with van der Waals surface area (Å²) in [5.74, 6) is 0.0372. The van der Waals surface area contributed by atoms with Crippen LogP contribution in [0.3, 0.4) is 0 Å². The van der Waals surface area contributed by atoms with E-state index in [1.165, 1.54) is 16.7 Å². The molecule has 1 atom stereocenters. The lowest BCUT2D eigenvalue weighted by Crippen LogP contribution is -1.97. The number of hydrogen-bond acceptors (Lipinski definition) is 1. The number of allylic oxidation sites excluding steroid dienone is 1. The molecule has 0 heterocycles. The fourth-order valence-electron chi connectivity index (χ4n) is 2.06. The molecule has 0 aromatic heterocycles. The first-order valence-electron chi connectivity index (χ1n) is 6.56. The summed E-state index contributed by atoms with van der Waals surface area (Å²) in [6.07, 6.45) is 3.94. The van der Waals surface area contributed by atoms with Crippen LogP contribution in [-0.2, 0) is 4.79 Å². The summed E-state index contributed by atoms with van der Waals surface area (Å²) in [5.41, 5.74) is 3.55. The predicted octanol–water partition coefficient (Wildman–Crippen LogP) is 4.45. The molecule has 0 N–H and O–H groups in total. The van der Waals surface area contributed by atoms with Crippen molar-refractivity contribution < 1.29 is 4.79 Å². The molecular weight excluding hydrogens is 232 g/mol. The standard InChI is InChI=1S/C18H18O/c1-15(14-19)12-18(17-10-6-3-7-11-17)13-16-8-4-2-5-9-16/h2-11,13-15H,12H2,1H3/b18-13-. The summed E-state index contributed by atoms with van der Waals surface area (Å²) in [5, 5.41) is 0. The molecule has 19 heavy (non-hydrogen) atoms. The van der Waals surface area contributed by atoms with Gasteiger partial charge in [0.25, 0.3) is 0 Å². The normalized spacial score (nSPS) is 13.0. The highest BCUT2D eigenvalue weighted by atomic mass is 16.1. The first-order chi connectivity index (χ1) is 9.29. The third-order valence-electron chi connectivity index (χ3n) is 3.06. The molecule has 0 saturated heterocycles. The van der Waals surface area contributed by atoms with Gasteiger partial charge in [-0.15, -0.1) is 0 Å². The van der Waals surface area contributed by atoms with Gasteiger partial charge in [0.05, 0.1) is 0 Å². The number of benzene rings is 2. The maximum Gasteiger partial charge on any atom is 0.123 e. The lowest BCUT2D eigenvalue weighted by atomic mass is 9.94. The Bertz CT molecular complexity index is 540. The Kier molecular flexibility index (Phi) is 4.68. The van der Waals surface area contributed by atoms with Gasteiger partial charge in [-0.2, -0.15) is 0 Å². The fraction of sp³-hybridized carbons (Fsp3) is 0.167. The molecule has 2 aromatic rings. The van der Waals surface area contributed by atoms with Crippen molar-refractivity contribution in [3.63, 3.8) is 0 Å². The van der Waals surface area contributed by atoms with Crippen LogP contribution in [0.2, 0.25) is 0 Å². The Morgan fingerprint density at radius 3 is 2.16 bits per heavy atom. The minimum absolute atomic E-state index is 0.0372. The summed E-state index contributed by atoms with van der Waals surface area (Å²) in [6.45, 7) is 1.95. The van der Waals surface area contributed by atoms with E-state index < -0.39 is 0 Å². The molecule has 0 aliphatic carbocycles. The highest BCUT2D eigenvalue weighted by molar-refractivity contribution is 5.82. The Labute approximate surface area is 114 Å². The molecule has 2 rings (SSSR count). The van der Waals surface area contributed by atoms with Gasteiger partial charge in [-0.25, -0.2) is 0 Å². The summed E-state index contributed by atoms with van der Waals surface area (Å²) in [7, 11) is 0.